The summed E-state index contributed by atoms with van der Waals surface area (Å²) in [6, 6.07) is 8.33. The molecule has 16 heavy (non-hydrogen) atoms. The van der Waals surface area contributed by atoms with Gasteiger partial charge < -0.3 is 10.4 Å². The van der Waals surface area contributed by atoms with E-state index >= 15 is 0 Å². The number of hydrogen-bond donors (Lipinski definition) is 2. The number of anilines is 1. The van der Waals surface area contributed by atoms with Crippen molar-refractivity contribution in [3.63, 3.8) is 0 Å². The number of hydrogen-bond acceptors (Lipinski definition) is 2. The van der Waals surface area contributed by atoms with Gasteiger partial charge in [0, 0.05) is 21.2 Å². The molecule has 0 atom stereocenters. The third-order valence-corrected chi connectivity index (χ3v) is 4.07. The largest absolute Gasteiger partial charge is 0.396 e. The van der Waals surface area contributed by atoms with Gasteiger partial charge >= 0.3 is 0 Å². The summed E-state index contributed by atoms with van der Waals surface area (Å²) in [5, 5.41) is 12.9. The molecule has 0 aliphatic rings. The molecule has 2 N–H and O–H groups in total. The predicted molar refractivity (Wildman–Crippen MR) is 77.7 cm³/mol. The van der Waals surface area contributed by atoms with Gasteiger partial charge in [0.2, 0.25) is 0 Å². The molecule has 0 saturated carbocycles. The Morgan fingerprint density at radius 1 is 1.19 bits per heavy atom. The molecule has 0 spiro atoms. The molecule has 0 unspecified atom stereocenters. The van der Waals surface area contributed by atoms with Gasteiger partial charge in [0.15, 0.2) is 0 Å². The first-order valence-electron chi connectivity index (χ1n) is 5.76. The molecule has 0 radical (unpaired) electrons. The first-order chi connectivity index (χ1) is 7.65. The van der Waals surface area contributed by atoms with E-state index in [2.05, 4.69) is 66.0 Å². The monoisotopic (exact) mass is 333 g/mol. The first kappa shape index (κ1) is 13.8. The summed E-state index contributed by atoms with van der Waals surface area (Å²) >= 11 is 2.30. The number of rotatable bonds is 6. The summed E-state index contributed by atoms with van der Waals surface area (Å²) in [5.41, 5.74) is 1.14. The highest BCUT2D eigenvalue weighted by molar-refractivity contribution is 14.1. The van der Waals surface area contributed by atoms with E-state index in [1.165, 1.54) is 3.57 Å². The third-order valence-electron chi connectivity index (χ3n) is 3.35. The van der Waals surface area contributed by atoms with Crippen LogP contribution in [-0.2, 0) is 0 Å². The number of nitrogens with one attached hydrogen (secondary N) is 1. The highest BCUT2D eigenvalue weighted by Crippen LogP contribution is 2.26. The van der Waals surface area contributed by atoms with E-state index in [0.29, 0.717) is 0 Å². The molecule has 1 aromatic rings. The first-order valence-corrected chi connectivity index (χ1v) is 6.84. The van der Waals surface area contributed by atoms with Crippen LogP contribution in [0.5, 0.6) is 0 Å². The summed E-state index contributed by atoms with van der Waals surface area (Å²) in [5.74, 6) is 0. The fraction of sp³-hybridized carbons (Fsp3) is 0.538. The molecule has 0 aliphatic heterocycles. The fourth-order valence-electron chi connectivity index (χ4n) is 1.64. The van der Waals surface area contributed by atoms with Crippen molar-refractivity contribution < 1.29 is 5.11 Å². The van der Waals surface area contributed by atoms with E-state index in [-0.39, 0.29) is 12.0 Å². The van der Waals surface area contributed by atoms with Crippen LogP contribution in [0.15, 0.2) is 24.3 Å². The third kappa shape index (κ3) is 3.63. The summed E-state index contributed by atoms with van der Waals surface area (Å²) < 4.78 is 1.24. The molecule has 0 heterocycles. The minimum Gasteiger partial charge on any atom is -0.396 e. The molecule has 0 saturated heterocycles. The standard InChI is InChI=1S/C13H20INO/c1-3-13(4-2,10-16)9-15-12-7-5-11(14)6-8-12/h5-8,15-16H,3-4,9-10H2,1-2H3. The Morgan fingerprint density at radius 3 is 2.19 bits per heavy atom. The minimum absolute atomic E-state index is 0.0169. The average molecular weight is 333 g/mol. The topological polar surface area (TPSA) is 32.3 Å². The lowest BCUT2D eigenvalue weighted by molar-refractivity contribution is 0.127. The highest BCUT2D eigenvalue weighted by Gasteiger charge is 2.24. The van der Waals surface area contributed by atoms with Crippen LogP contribution in [0.1, 0.15) is 26.7 Å². The Labute approximate surface area is 112 Å². The molecule has 3 heteroatoms. The number of benzene rings is 1. The number of aliphatic hydroxyl groups excluding tert-OH is 1. The van der Waals surface area contributed by atoms with Crippen molar-refractivity contribution in [2.45, 2.75) is 26.7 Å². The van der Waals surface area contributed by atoms with Crippen molar-refractivity contribution >= 4 is 28.3 Å². The molecule has 0 fully saturated rings. The van der Waals surface area contributed by atoms with E-state index in [9.17, 15) is 5.11 Å². The Balaban J connectivity index is 2.58. The number of halogens is 1. The van der Waals surface area contributed by atoms with E-state index < -0.39 is 0 Å². The van der Waals surface area contributed by atoms with E-state index in [4.69, 9.17) is 0 Å². The second kappa shape index (κ2) is 6.45. The van der Waals surface area contributed by atoms with Crippen LogP contribution in [0.3, 0.4) is 0 Å². The SMILES string of the molecule is CCC(CC)(CO)CNc1ccc(I)cc1. The summed E-state index contributed by atoms with van der Waals surface area (Å²) in [7, 11) is 0. The quantitative estimate of drug-likeness (QED) is 0.781. The second-order valence-corrected chi connectivity index (χ2v) is 5.47. The van der Waals surface area contributed by atoms with Gasteiger partial charge in [-0.3, -0.25) is 0 Å². The Bertz CT molecular complexity index is 298. The van der Waals surface area contributed by atoms with Gasteiger partial charge in [-0.05, 0) is 59.7 Å². The predicted octanol–water partition coefficient (Wildman–Crippen LogP) is 3.50. The van der Waals surface area contributed by atoms with Gasteiger partial charge in [-0.15, -0.1) is 0 Å². The second-order valence-electron chi connectivity index (χ2n) is 4.23. The Morgan fingerprint density at radius 2 is 1.75 bits per heavy atom. The van der Waals surface area contributed by atoms with Crippen LogP contribution in [-0.4, -0.2) is 18.3 Å². The molecular formula is C13H20INO. The van der Waals surface area contributed by atoms with Gasteiger partial charge in [0.1, 0.15) is 0 Å². The Kier molecular flexibility index (Phi) is 5.55. The normalized spacial score (nSPS) is 11.5. The number of aliphatic hydroxyl groups is 1. The molecule has 0 bridgehead atoms. The molecule has 2 nitrogen and oxygen atoms in total. The lowest BCUT2D eigenvalue weighted by Crippen LogP contribution is -2.32. The van der Waals surface area contributed by atoms with Crippen LogP contribution < -0.4 is 5.32 Å². The van der Waals surface area contributed by atoms with E-state index in [1.807, 2.05) is 0 Å². The Hall–Kier alpha value is -0.290. The molecule has 0 aromatic heterocycles. The summed E-state index contributed by atoms with van der Waals surface area (Å²) in [4.78, 5) is 0. The molecule has 1 rings (SSSR count). The molecule has 0 amide bonds. The van der Waals surface area contributed by atoms with Gasteiger partial charge in [0.05, 0.1) is 6.61 Å². The fourth-order valence-corrected chi connectivity index (χ4v) is 2.00. The zero-order chi connectivity index (χ0) is 12.0. The van der Waals surface area contributed by atoms with Gasteiger partial charge in [-0.1, -0.05) is 13.8 Å². The summed E-state index contributed by atoms with van der Waals surface area (Å²) in [6.07, 6.45) is 1.99. The maximum absolute atomic E-state index is 9.46. The molecule has 1 aromatic carbocycles. The molecule has 90 valence electrons. The molecular weight excluding hydrogens is 313 g/mol. The zero-order valence-corrected chi connectivity index (χ0v) is 12.1. The van der Waals surface area contributed by atoms with Crippen molar-refractivity contribution in [1.29, 1.82) is 0 Å². The van der Waals surface area contributed by atoms with Crippen molar-refractivity contribution in [3.05, 3.63) is 27.8 Å². The maximum atomic E-state index is 9.46. The van der Waals surface area contributed by atoms with Crippen LogP contribution in [0.25, 0.3) is 0 Å². The van der Waals surface area contributed by atoms with Gasteiger partial charge in [-0.25, -0.2) is 0 Å². The van der Waals surface area contributed by atoms with Crippen molar-refractivity contribution in [2.75, 3.05) is 18.5 Å². The average Bonchev–Trinajstić information content (AvgIpc) is 2.34. The molecule has 0 aliphatic carbocycles. The van der Waals surface area contributed by atoms with Gasteiger partial charge in [-0.2, -0.15) is 0 Å². The van der Waals surface area contributed by atoms with Crippen molar-refractivity contribution in [3.8, 4) is 0 Å². The zero-order valence-electron chi connectivity index (χ0n) is 9.96. The van der Waals surface area contributed by atoms with Crippen molar-refractivity contribution in [2.24, 2.45) is 5.41 Å². The van der Waals surface area contributed by atoms with Crippen LogP contribution in [0, 0.1) is 8.99 Å². The lowest BCUT2D eigenvalue weighted by Gasteiger charge is -2.30. The smallest absolute Gasteiger partial charge is 0.0504 e. The van der Waals surface area contributed by atoms with E-state index in [1.54, 1.807) is 0 Å². The minimum atomic E-state index is 0.0169. The van der Waals surface area contributed by atoms with Crippen LogP contribution in [0.2, 0.25) is 0 Å². The maximum Gasteiger partial charge on any atom is 0.0504 e. The highest BCUT2D eigenvalue weighted by atomic mass is 127. The summed E-state index contributed by atoms with van der Waals surface area (Å²) in [6.45, 7) is 5.35. The van der Waals surface area contributed by atoms with Crippen LogP contribution >= 0.6 is 22.6 Å². The van der Waals surface area contributed by atoms with E-state index in [0.717, 1.165) is 25.1 Å². The van der Waals surface area contributed by atoms with Crippen LogP contribution in [0.4, 0.5) is 5.69 Å². The van der Waals surface area contributed by atoms with Gasteiger partial charge in [0.25, 0.3) is 0 Å². The lowest BCUT2D eigenvalue weighted by atomic mass is 9.83. The van der Waals surface area contributed by atoms with Crippen molar-refractivity contribution in [1.82, 2.24) is 0 Å².